The van der Waals surface area contributed by atoms with Gasteiger partial charge in [0.05, 0.1) is 23.7 Å². The summed E-state index contributed by atoms with van der Waals surface area (Å²) in [6.45, 7) is 2.45. The fraction of sp³-hybridized carbons (Fsp3) is 0.571. The summed E-state index contributed by atoms with van der Waals surface area (Å²) in [5.74, 6) is 0.866. The normalized spacial score (nSPS) is 23.2. The molecule has 6 heteroatoms. The second-order valence-electron chi connectivity index (χ2n) is 4.96. The average molecular weight is 363 g/mol. The van der Waals surface area contributed by atoms with Gasteiger partial charge in [0.1, 0.15) is 5.75 Å². The molecule has 1 saturated heterocycles. The molecule has 1 aliphatic rings. The SMILES string of the molecule is CCOc1ccc(C(O)C2CCCCS2(=O)=O)c(Br)c1. The molecule has 1 N–H and O–H groups in total. The van der Waals surface area contributed by atoms with E-state index in [2.05, 4.69) is 15.9 Å². The highest BCUT2D eigenvalue weighted by Crippen LogP contribution is 2.35. The third kappa shape index (κ3) is 3.35. The maximum absolute atomic E-state index is 12.1. The van der Waals surface area contributed by atoms with Crippen molar-refractivity contribution in [1.29, 1.82) is 0 Å². The first-order valence-corrected chi connectivity index (χ1v) is 9.28. The van der Waals surface area contributed by atoms with Crippen LogP contribution in [0.4, 0.5) is 0 Å². The molecule has 1 fully saturated rings. The summed E-state index contributed by atoms with van der Waals surface area (Å²) in [6.07, 6.45) is 1.06. The van der Waals surface area contributed by atoms with Crippen molar-refractivity contribution in [1.82, 2.24) is 0 Å². The van der Waals surface area contributed by atoms with Crippen molar-refractivity contribution in [3.8, 4) is 5.75 Å². The standard InChI is InChI=1S/C14H19BrO4S/c1-2-19-10-6-7-11(12(15)9-10)14(16)13-5-3-4-8-20(13,17)18/h6-7,9,13-14,16H,2-5,8H2,1H3. The van der Waals surface area contributed by atoms with Crippen molar-refractivity contribution < 1.29 is 18.3 Å². The molecule has 0 saturated carbocycles. The minimum atomic E-state index is -3.21. The lowest BCUT2D eigenvalue weighted by molar-refractivity contribution is 0.163. The number of rotatable bonds is 4. The van der Waals surface area contributed by atoms with E-state index in [0.29, 0.717) is 35.2 Å². The van der Waals surface area contributed by atoms with Gasteiger partial charge in [0.15, 0.2) is 9.84 Å². The number of hydrogen-bond acceptors (Lipinski definition) is 4. The van der Waals surface area contributed by atoms with E-state index in [9.17, 15) is 13.5 Å². The van der Waals surface area contributed by atoms with E-state index < -0.39 is 21.2 Å². The Kier molecular flexibility index (Phi) is 5.09. The van der Waals surface area contributed by atoms with Gasteiger partial charge in [-0.05, 0) is 37.5 Å². The Hall–Kier alpha value is -0.590. The lowest BCUT2D eigenvalue weighted by Crippen LogP contribution is -2.34. The first kappa shape index (κ1) is 15.8. The maximum Gasteiger partial charge on any atom is 0.156 e. The Morgan fingerprint density at radius 3 is 2.80 bits per heavy atom. The number of aliphatic hydroxyl groups excluding tert-OH is 1. The van der Waals surface area contributed by atoms with Crippen molar-refractivity contribution >= 4 is 25.8 Å². The second-order valence-corrected chi connectivity index (χ2v) is 8.16. The van der Waals surface area contributed by atoms with Crippen LogP contribution in [-0.4, -0.2) is 31.1 Å². The molecule has 1 heterocycles. The zero-order valence-electron chi connectivity index (χ0n) is 11.4. The van der Waals surface area contributed by atoms with Gasteiger partial charge in [-0.25, -0.2) is 8.42 Å². The highest BCUT2D eigenvalue weighted by molar-refractivity contribution is 9.10. The minimum Gasteiger partial charge on any atom is -0.494 e. The minimum absolute atomic E-state index is 0.170. The molecular formula is C14H19BrO4S. The van der Waals surface area contributed by atoms with E-state index in [1.807, 2.05) is 6.92 Å². The van der Waals surface area contributed by atoms with Crippen molar-refractivity contribution in [2.24, 2.45) is 0 Å². The van der Waals surface area contributed by atoms with Crippen LogP contribution in [0.2, 0.25) is 0 Å². The molecule has 0 aromatic heterocycles. The molecule has 20 heavy (non-hydrogen) atoms. The second kappa shape index (κ2) is 6.45. The molecule has 0 radical (unpaired) electrons. The predicted octanol–water partition coefficient (Wildman–Crippen LogP) is 2.85. The van der Waals surface area contributed by atoms with Crippen molar-refractivity contribution in [3.63, 3.8) is 0 Å². The van der Waals surface area contributed by atoms with Crippen LogP contribution < -0.4 is 4.74 Å². The molecule has 2 unspecified atom stereocenters. The number of benzene rings is 1. The third-order valence-corrected chi connectivity index (χ3v) is 6.54. The van der Waals surface area contributed by atoms with E-state index >= 15 is 0 Å². The van der Waals surface area contributed by atoms with Gasteiger partial charge in [-0.3, -0.25) is 0 Å². The van der Waals surface area contributed by atoms with Gasteiger partial charge in [0.25, 0.3) is 0 Å². The highest BCUT2D eigenvalue weighted by Gasteiger charge is 2.36. The van der Waals surface area contributed by atoms with Gasteiger partial charge in [-0.15, -0.1) is 0 Å². The first-order chi connectivity index (χ1) is 9.45. The Labute approximate surface area is 128 Å². The lowest BCUT2D eigenvalue weighted by Gasteiger charge is -2.27. The smallest absolute Gasteiger partial charge is 0.156 e. The Balaban J connectivity index is 2.26. The monoisotopic (exact) mass is 362 g/mol. The number of ether oxygens (including phenoxy) is 1. The number of hydrogen-bond donors (Lipinski definition) is 1. The van der Waals surface area contributed by atoms with Crippen LogP contribution in [0.15, 0.2) is 22.7 Å². The van der Waals surface area contributed by atoms with Gasteiger partial charge in [0, 0.05) is 4.47 Å². The van der Waals surface area contributed by atoms with E-state index in [-0.39, 0.29) is 5.75 Å². The number of halogens is 1. The molecule has 0 aliphatic carbocycles. The quantitative estimate of drug-likeness (QED) is 0.894. The summed E-state index contributed by atoms with van der Waals surface area (Å²) in [5, 5.41) is 9.73. The predicted molar refractivity (Wildman–Crippen MR) is 81.7 cm³/mol. The Bertz CT molecular complexity index is 571. The van der Waals surface area contributed by atoms with E-state index in [0.717, 1.165) is 6.42 Å². The molecule has 4 nitrogen and oxygen atoms in total. The van der Waals surface area contributed by atoms with Crippen LogP contribution in [0.1, 0.15) is 37.9 Å². The van der Waals surface area contributed by atoms with Gasteiger partial charge < -0.3 is 9.84 Å². The van der Waals surface area contributed by atoms with Crippen LogP contribution in [0.5, 0.6) is 5.75 Å². The van der Waals surface area contributed by atoms with Gasteiger partial charge in [0.2, 0.25) is 0 Å². The molecule has 0 amide bonds. The summed E-state index contributed by atoms with van der Waals surface area (Å²) in [4.78, 5) is 0. The van der Waals surface area contributed by atoms with E-state index in [1.165, 1.54) is 0 Å². The lowest BCUT2D eigenvalue weighted by atomic mass is 10.0. The summed E-state index contributed by atoms with van der Waals surface area (Å²) in [7, 11) is -3.21. The number of sulfone groups is 1. The molecule has 0 bridgehead atoms. The zero-order valence-corrected chi connectivity index (χ0v) is 13.8. The molecule has 2 rings (SSSR count). The van der Waals surface area contributed by atoms with E-state index in [1.54, 1.807) is 18.2 Å². The third-order valence-electron chi connectivity index (χ3n) is 3.58. The maximum atomic E-state index is 12.1. The van der Waals surface area contributed by atoms with E-state index in [4.69, 9.17) is 4.74 Å². The van der Waals surface area contributed by atoms with Crippen LogP contribution in [0, 0.1) is 0 Å². The van der Waals surface area contributed by atoms with Gasteiger partial charge in [-0.1, -0.05) is 28.4 Å². The fourth-order valence-electron chi connectivity index (χ4n) is 2.54. The summed E-state index contributed by atoms with van der Waals surface area (Å²) in [6, 6.07) is 5.24. The molecule has 112 valence electrons. The zero-order chi connectivity index (χ0) is 14.8. The molecule has 1 aromatic rings. The highest BCUT2D eigenvalue weighted by atomic mass is 79.9. The largest absolute Gasteiger partial charge is 0.494 e. The van der Waals surface area contributed by atoms with Crippen molar-refractivity contribution in [3.05, 3.63) is 28.2 Å². The van der Waals surface area contributed by atoms with Crippen LogP contribution in [-0.2, 0) is 9.84 Å². The average Bonchev–Trinajstić information content (AvgIpc) is 2.38. The number of aliphatic hydroxyl groups is 1. The molecule has 1 aromatic carbocycles. The van der Waals surface area contributed by atoms with Crippen LogP contribution in [0.3, 0.4) is 0 Å². The van der Waals surface area contributed by atoms with Gasteiger partial charge >= 0.3 is 0 Å². The Morgan fingerprint density at radius 1 is 1.45 bits per heavy atom. The summed E-state index contributed by atoms with van der Waals surface area (Å²) < 4.78 is 30.2. The van der Waals surface area contributed by atoms with Gasteiger partial charge in [-0.2, -0.15) is 0 Å². The topological polar surface area (TPSA) is 63.6 Å². The fourth-order valence-corrected chi connectivity index (χ4v) is 5.11. The summed E-state index contributed by atoms with van der Waals surface area (Å²) in [5.41, 5.74) is 0.601. The summed E-state index contributed by atoms with van der Waals surface area (Å²) >= 11 is 3.39. The van der Waals surface area contributed by atoms with Crippen LogP contribution in [0.25, 0.3) is 0 Å². The molecule has 0 spiro atoms. The van der Waals surface area contributed by atoms with Crippen LogP contribution >= 0.6 is 15.9 Å². The molecule has 1 aliphatic heterocycles. The Morgan fingerprint density at radius 2 is 2.20 bits per heavy atom. The van der Waals surface area contributed by atoms with Crippen molar-refractivity contribution in [2.75, 3.05) is 12.4 Å². The molecular weight excluding hydrogens is 344 g/mol. The van der Waals surface area contributed by atoms with Crippen molar-refractivity contribution in [2.45, 2.75) is 37.5 Å². The molecule has 2 atom stereocenters. The first-order valence-electron chi connectivity index (χ1n) is 6.77.